The molecule has 2 amide bonds. The van der Waals surface area contributed by atoms with E-state index in [1.807, 2.05) is 48.5 Å². The Hall–Kier alpha value is -9.00. The maximum Gasteiger partial charge on any atom is 0.265 e. The molecule has 0 N–H and O–H groups in total. The number of anilines is 1. The van der Waals surface area contributed by atoms with Crippen LogP contribution in [0.5, 0.6) is 11.5 Å². The highest BCUT2D eigenvalue weighted by molar-refractivity contribution is 6.36. The summed E-state index contributed by atoms with van der Waals surface area (Å²) in [5.74, 6) is 0.454. The summed E-state index contributed by atoms with van der Waals surface area (Å²) in [5.41, 5.74) is 16.0. The lowest BCUT2D eigenvalue weighted by Gasteiger charge is -2.28. The number of hydrogen-bond donors (Lipinski definition) is 0. The van der Waals surface area contributed by atoms with Crippen molar-refractivity contribution in [2.75, 3.05) is 4.90 Å². The molecule has 78 heavy (non-hydrogen) atoms. The van der Waals surface area contributed by atoms with E-state index in [4.69, 9.17) is 4.74 Å². The van der Waals surface area contributed by atoms with Crippen LogP contribution in [0.3, 0.4) is 0 Å². The van der Waals surface area contributed by atoms with Gasteiger partial charge in [-0.3, -0.25) is 9.59 Å². The van der Waals surface area contributed by atoms with Crippen LogP contribution in [0.25, 0.3) is 88.0 Å². The van der Waals surface area contributed by atoms with Gasteiger partial charge in [-0.25, -0.2) is 4.90 Å². The van der Waals surface area contributed by atoms with Crippen molar-refractivity contribution in [3.05, 3.63) is 234 Å². The Kier molecular flexibility index (Phi) is 11.1. The van der Waals surface area contributed by atoms with E-state index < -0.39 is 0 Å². The highest BCUT2D eigenvalue weighted by atomic mass is 16.5. The minimum atomic E-state index is -0.361. The number of fused-ring (bicyclic) bond motifs is 6. The smallest absolute Gasteiger partial charge is 0.265 e. The number of nitrogens with zero attached hydrogens (tertiary/aromatic N) is 3. The Morgan fingerprint density at radius 3 is 1.21 bits per heavy atom. The van der Waals surface area contributed by atoms with Crippen LogP contribution in [0.1, 0.15) is 99.7 Å². The third kappa shape index (κ3) is 8.08. The van der Waals surface area contributed by atoms with Crippen molar-refractivity contribution in [2.45, 2.75) is 78.6 Å². The van der Waals surface area contributed by atoms with Crippen LogP contribution in [0, 0.1) is 0 Å². The van der Waals surface area contributed by atoms with E-state index in [1.54, 1.807) is 6.07 Å². The Morgan fingerprint density at radius 1 is 0.333 bits per heavy atom. The quantitative estimate of drug-likeness (QED) is 0.150. The number of amides is 2. The van der Waals surface area contributed by atoms with Crippen LogP contribution < -0.4 is 9.64 Å². The molecule has 0 aliphatic carbocycles. The monoisotopic (exact) mass is 1020 g/mol. The molecule has 2 aromatic heterocycles. The number of benzene rings is 10. The lowest BCUT2D eigenvalue weighted by atomic mass is 9.87. The van der Waals surface area contributed by atoms with Crippen molar-refractivity contribution in [1.29, 1.82) is 0 Å². The summed E-state index contributed by atoms with van der Waals surface area (Å²) >= 11 is 0. The van der Waals surface area contributed by atoms with Gasteiger partial charge in [-0.2, -0.15) is 0 Å². The molecular formula is C72H61N3O3. The average Bonchev–Trinajstić information content (AvgIpc) is 3.98. The molecule has 13 rings (SSSR count). The van der Waals surface area contributed by atoms with Gasteiger partial charge in [0.1, 0.15) is 11.5 Å². The lowest BCUT2D eigenvalue weighted by molar-refractivity contribution is 0.0893. The number of ether oxygens (including phenoxy) is 1. The van der Waals surface area contributed by atoms with Crippen molar-refractivity contribution in [1.82, 2.24) is 9.13 Å². The Labute approximate surface area is 455 Å². The summed E-state index contributed by atoms with van der Waals surface area (Å²) in [4.78, 5) is 30.2. The normalized spacial score (nSPS) is 13.2. The molecule has 0 unspecified atom stereocenters. The van der Waals surface area contributed by atoms with E-state index in [2.05, 4.69) is 223 Å². The largest absolute Gasteiger partial charge is 0.457 e. The summed E-state index contributed by atoms with van der Waals surface area (Å²) in [7, 11) is 0. The molecule has 0 saturated carbocycles. The van der Waals surface area contributed by atoms with E-state index in [-0.39, 0.29) is 28.1 Å². The van der Waals surface area contributed by atoms with Gasteiger partial charge in [0.25, 0.3) is 11.8 Å². The zero-order valence-corrected chi connectivity index (χ0v) is 45.7. The summed E-state index contributed by atoms with van der Waals surface area (Å²) in [6.45, 7) is 19.9. The Morgan fingerprint density at radius 2 is 0.744 bits per heavy atom. The molecule has 0 spiro atoms. The number of carbonyl (C=O) groups is 2. The summed E-state index contributed by atoms with van der Waals surface area (Å²) < 4.78 is 11.8. The molecule has 10 aromatic carbocycles. The number of hydrogen-bond acceptors (Lipinski definition) is 3. The molecule has 0 saturated heterocycles. The minimum absolute atomic E-state index is 0.0440. The first-order valence-corrected chi connectivity index (χ1v) is 27.1. The van der Waals surface area contributed by atoms with Crippen LogP contribution in [0.15, 0.2) is 206 Å². The van der Waals surface area contributed by atoms with Crippen LogP contribution in [0.2, 0.25) is 0 Å². The van der Waals surface area contributed by atoms with Crippen molar-refractivity contribution in [2.24, 2.45) is 0 Å². The molecule has 0 bridgehead atoms. The molecular weight excluding hydrogens is 955 g/mol. The minimum Gasteiger partial charge on any atom is -0.457 e. The maximum atomic E-state index is 14.4. The SMILES string of the molecule is CC(C)(C)c1ccc(N2C(=O)c3cccc4c(Oc5cc(-c6ccc7c(c6)c6ccccc6n7-c6ccc(C(C)(C)C)cc6)cc(-c6ccc7c(c6)c6ccccc6n7-c6ccc(C(C)(C)C)cc6)c5)ccc(c34)C2=O)cc1. The molecule has 1 aliphatic rings. The molecule has 6 nitrogen and oxygen atoms in total. The molecule has 3 heterocycles. The molecule has 0 radical (unpaired) electrons. The van der Waals surface area contributed by atoms with E-state index in [1.165, 1.54) is 26.8 Å². The number of imide groups is 1. The van der Waals surface area contributed by atoms with Crippen LogP contribution >= 0.6 is 0 Å². The molecule has 0 fully saturated rings. The predicted molar refractivity (Wildman–Crippen MR) is 324 cm³/mol. The first kappa shape index (κ1) is 48.6. The molecule has 6 heteroatoms. The van der Waals surface area contributed by atoms with Gasteiger partial charge >= 0.3 is 0 Å². The second-order valence-electron chi connectivity index (χ2n) is 24.2. The molecule has 0 atom stereocenters. The van der Waals surface area contributed by atoms with Gasteiger partial charge in [-0.15, -0.1) is 0 Å². The van der Waals surface area contributed by atoms with Gasteiger partial charge in [-0.1, -0.05) is 159 Å². The Balaban J connectivity index is 0.954. The standard InChI is InChI=1S/C72H61N3O3/c1-70(2,3)48-23-29-51(30-24-48)73-62-19-12-10-15-55(62)60-42-44(21-36-64(60)73)46-39-47(45-22-37-65-61(43-45)56-16-11-13-20-63(56)74(65)52-31-25-49(26-32-52)71(4,5)6)41-54(40-46)78-66-38-35-59-67-57(66)17-14-18-58(67)68(76)75(69(59)77)53-33-27-50(28-34-53)72(7,8)9/h10-43H,1-9H3. The number of carbonyl (C=O) groups excluding carboxylic acids is 2. The van der Waals surface area contributed by atoms with Crippen molar-refractivity contribution in [3.8, 4) is 45.1 Å². The second-order valence-corrected chi connectivity index (χ2v) is 24.2. The molecule has 1 aliphatic heterocycles. The van der Waals surface area contributed by atoms with Gasteiger partial charge in [0.2, 0.25) is 0 Å². The van der Waals surface area contributed by atoms with Crippen LogP contribution in [-0.4, -0.2) is 20.9 Å². The topological polar surface area (TPSA) is 56.5 Å². The van der Waals surface area contributed by atoms with Crippen LogP contribution in [-0.2, 0) is 16.2 Å². The van der Waals surface area contributed by atoms with E-state index >= 15 is 0 Å². The van der Waals surface area contributed by atoms with Crippen molar-refractivity contribution >= 4 is 71.9 Å². The van der Waals surface area contributed by atoms with Gasteiger partial charge < -0.3 is 13.9 Å². The zero-order chi connectivity index (χ0) is 54.0. The third-order valence-electron chi connectivity index (χ3n) is 16.0. The van der Waals surface area contributed by atoms with Crippen LogP contribution in [0.4, 0.5) is 5.69 Å². The van der Waals surface area contributed by atoms with Gasteiger partial charge in [0, 0.05) is 54.8 Å². The van der Waals surface area contributed by atoms with Gasteiger partial charge in [0.05, 0.1) is 27.8 Å². The first-order valence-electron chi connectivity index (χ1n) is 27.1. The predicted octanol–water partition coefficient (Wildman–Crippen LogP) is 18.9. The van der Waals surface area contributed by atoms with E-state index in [9.17, 15) is 9.59 Å². The summed E-state index contributed by atoms with van der Waals surface area (Å²) in [6.07, 6.45) is 0. The highest BCUT2D eigenvalue weighted by Crippen LogP contribution is 2.44. The zero-order valence-electron chi connectivity index (χ0n) is 45.7. The maximum absolute atomic E-state index is 14.4. The summed E-state index contributed by atoms with van der Waals surface area (Å²) in [5, 5.41) is 5.93. The highest BCUT2D eigenvalue weighted by Gasteiger charge is 2.35. The van der Waals surface area contributed by atoms with Gasteiger partial charge in [0.15, 0.2) is 0 Å². The fourth-order valence-electron chi connectivity index (χ4n) is 11.7. The van der Waals surface area contributed by atoms with Crippen molar-refractivity contribution < 1.29 is 14.3 Å². The average molecular weight is 1020 g/mol. The fraction of sp³-hybridized carbons (Fsp3) is 0.167. The van der Waals surface area contributed by atoms with Gasteiger partial charge in [-0.05, 0) is 164 Å². The number of para-hydroxylation sites is 2. The molecule has 12 aromatic rings. The fourth-order valence-corrected chi connectivity index (χ4v) is 11.7. The number of rotatable bonds is 7. The van der Waals surface area contributed by atoms with Crippen molar-refractivity contribution in [3.63, 3.8) is 0 Å². The second kappa shape index (κ2) is 17.8. The first-order chi connectivity index (χ1) is 37.4. The summed E-state index contributed by atoms with van der Waals surface area (Å²) in [6, 6.07) is 72.3. The Bertz CT molecular complexity index is 4200. The molecule has 382 valence electrons. The number of aromatic nitrogens is 2. The third-order valence-corrected chi connectivity index (χ3v) is 16.0. The van der Waals surface area contributed by atoms with E-state index in [0.29, 0.717) is 39.1 Å². The van der Waals surface area contributed by atoms with E-state index in [0.717, 1.165) is 72.0 Å². The lowest BCUT2D eigenvalue weighted by Crippen LogP contribution is -2.40.